The van der Waals surface area contributed by atoms with E-state index in [1.807, 2.05) is 0 Å². The zero-order valence-electron chi connectivity index (χ0n) is 19.3. The maximum Gasteiger partial charge on any atom is 0.224 e. The maximum atomic E-state index is 14.2. The van der Waals surface area contributed by atoms with E-state index >= 15 is 0 Å². The number of benzene rings is 1. The molecule has 5 rings (SSSR count). The van der Waals surface area contributed by atoms with Crippen molar-refractivity contribution < 1.29 is 18.4 Å². The Morgan fingerprint density at radius 2 is 1.59 bits per heavy atom. The molecule has 184 valence electrons. The van der Waals surface area contributed by atoms with Gasteiger partial charge in [0.1, 0.15) is 11.6 Å². The molecule has 2 N–H and O–H groups in total. The van der Waals surface area contributed by atoms with Gasteiger partial charge >= 0.3 is 0 Å². The van der Waals surface area contributed by atoms with Gasteiger partial charge in [-0.1, -0.05) is 23.8 Å². The molecule has 2 amide bonds. The van der Waals surface area contributed by atoms with Crippen LogP contribution in [0.4, 0.5) is 8.78 Å². The molecule has 1 aromatic rings. The smallest absolute Gasteiger partial charge is 0.224 e. The lowest BCUT2D eigenvalue weighted by Crippen LogP contribution is -2.44. The third kappa shape index (κ3) is 4.26. The summed E-state index contributed by atoms with van der Waals surface area (Å²) in [5.41, 5.74) is -0.0597. The normalized spacial score (nSPS) is 28.6. The van der Waals surface area contributed by atoms with E-state index in [2.05, 4.69) is 27.7 Å². The molecule has 1 saturated heterocycles. The van der Waals surface area contributed by atoms with Gasteiger partial charge in [0.05, 0.1) is 16.9 Å². The number of amides is 2. The molecule has 1 aliphatic heterocycles. The number of halogens is 3. The number of hydrogen-bond acceptors (Lipinski definition) is 3. The average Bonchev–Trinajstić information content (AvgIpc) is 3.18. The van der Waals surface area contributed by atoms with Crippen molar-refractivity contribution in [1.29, 1.82) is 0 Å². The number of rotatable bonds is 9. The summed E-state index contributed by atoms with van der Waals surface area (Å²) >= 11 is 5.92. The van der Waals surface area contributed by atoms with Gasteiger partial charge in [-0.05, 0) is 87.5 Å². The Labute approximate surface area is 204 Å². The molecule has 8 heteroatoms. The monoisotopic (exact) mass is 491 g/mol. The lowest BCUT2D eigenvalue weighted by atomic mass is 9.81. The lowest BCUT2D eigenvalue weighted by Gasteiger charge is -2.26. The van der Waals surface area contributed by atoms with Crippen LogP contribution < -0.4 is 10.6 Å². The van der Waals surface area contributed by atoms with Crippen molar-refractivity contribution in [1.82, 2.24) is 15.5 Å². The van der Waals surface area contributed by atoms with E-state index in [0.717, 1.165) is 44.4 Å². The molecule has 34 heavy (non-hydrogen) atoms. The summed E-state index contributed by atoms with van der Waals surface area (Å²) in [5.74, 6) is -2.61. The maximum absolute atomic E-state index is 14.2. The fourth-order valence-corrected chi connectivity index (χ4v) is 6.75. The minimum absolute atomic E-state index is 0.0104. The van der Waals surface area contributed by atoms with Gasteiger partial charge in [-0.15, -0.1) is 0 Å². The van der Waals surface area contributed by atoms with E-state index in [9.17, 15) is 18.4 Å². The molecule has 1 heterocycles. The topological polar surface area (TPSA) is 61.4 Å². The quantitative estimate of drug-likeness (QED) is 0.311. The molecular weight excluding hydrogens is 460 g/mol. The van der Waals surface area contributed by atoms with E-state index in [1.165, 1.54) is 25.9 Å². The predicted octanol–water partition coefficient (Wildman–Crippen LogP) is 4.06. The predicted molar refractivity (Wildman–Crippen MR) is 126 cm³/mol. The molecule has 0 unspecified atom stereocenters. The number of allylic oxidation sites excluding steroid dienone is 2. The fourth-order valence-electron chi connectivity index (χ4n) is 6.53. The second kappa shape index (κ2) is 9.57. The number of hydrogen-bond donors (Lipinski definition) is 2. The third-order valence-electron chi connectivity index (χ3n) is 8.42. The average molecular weight is 492 g/mol. The SMILES string of the molecule is O=C(NCCCCN1CCCC1)[C@H]1[C@H](C(=O)NCc2c(F)ccc(F)c2Cl)[C@@H]2C=C[C@H]1C21CC1. The van der Waals surface area contributed by atoms with Gasteiger partial charge < -0.3 is 15.5 Å². The van der Waals surface area contributed by atoms with Gasteiger partial charge in [0.15, 0.2) is 0 Å². The van der Waals surface area contributed by atoms with Crippen LogP contribution in [0.5, 0.6) is 0 Å². The minimum Gasteiger partial charge on any atom is -0.356 e. The number of carbonyl (C=O) groups is 2. The van der Waals surface area contributed by atoms with Crippen LogP contribution in [0.15, 0.2) is 24.3 Å². The van der Waals surface area contributed by atoms with Crippen molar-refractivity contribution in [2.24, 2.45) is 29.1 Å². The molecular formula is C26H32ClF2N3O2. The lowest BCUT2D eigenvalue weighted by molar-refractivity contribution is -0.135. The highest BCUT2D eigenvalue weighted by molar-refractivity contribution is 6.31. The van der Waals surface area contributed by atoms with Crippen molar-refractivity contribution in [3.63, 3.8) is 0 Å². The van der Waals surface area contributed by atoms with Crippen LogP contribution in [-0.2, 0) is 16.1 Å². The number of carbonyl (C=O) groups excluding carboxylic acids is 2. The summed E-state index contributed by atoms with van der Waals surface area (Å²) in [4.78, 5) is 29.0. The molecule has 4 atom stereocenters. The molecule has 0 radical (unpaired) electrons. The third-order valence-corrected chi connectivity index (χ3v) is 8.83. The van der Waals surface area contributed by atoms with Crippen LogP contribution in [0, 0.1) is 40.7 Å². The zero-order valence-corrected chi connectivity index (χ0v) is 20.1. The first-order chi connectivity index (χ1) is 16.4. The highest BCUT2D eigenvalue weighted by atomic mass is 35.5. The Hall–Kier alpha value is -1.99. The Balaban J connectivity index is 1.21. The Morgan fingerprint density at radius 1 is 0.971 bits per heavy atom. The fraction of sp³-hybridized carbons (Fsp3) is 0.615. The van der Waals surface area contributed by atoms with Gasteiger partial charge in [0.2, 0.25) is 11.8 Å². The van der Waals surface area contributed by atoms with Crippen LogP contribution in [0.1, 0.15) is 44.1 Å². The first-order valence-electron chi connectivity index (χ1n) is 12.5. The number of nitrogens with one attached hydrogen (secondary N) is 2. The van der Waals surface area contributed by atoms with E-state index in [4.69, 9.17) is 11.6 Å². The standard InChI is InChI=1S/C26H32ClF2N3O2/c27-23-16(19(28)7-8-20(23)29)15-31-25(34)22-18-6-5-17(26(18)9-10-26)21(22)24(33)30-11-1-2-12-32-13-3-4-14-32/h5-8,17-18,21-22H,1-4,9-15H2,(H,30,33)(H,31,34)/t17-,18+,21-,22-/m1/s1. The molecule has 1 aromatic carbocycles. The van der Waals surface area contributed by atoms with Crippen molar-refractivity contribution in [3.05, 3.63) is 46.5 Å². The first kappa shape index (κ1) is 23.7. The molecule has 1 spiro atoms. The molecule has 0 aromatic heterocycles. The van der Waals surface area contributed by atoms with Crippen LogP contribution >= 0.6 is 11.6 Å². The van der Waals surface area contributed by atoms with Crippen molar-refractivity contribution in [2.45, 2.75) is 45.1 Å². The molecule has 5 nitrogen and oxygen atoms in total. The number of nitrogens with zero attached hydrogens (tertiary/aromatic N) is 1. The summed E-state index contributed by atoms with van der Waals surface area (Å²) in [7, 11) is 0. The van der Waals surface area contributed by atoms with Crippen molar-refractivity contribution in [3.8, 4) is 0 Å². The molecule has 2 bridgehead atoms. The zero-order chi connectivity index (χ0) is 23.9. The van der Waals surface area contributed by atoms with E-state index in [0.29, 0.717) is 6.54 Å². The van der Waals surface area contributed by atoms with Gasteiger partial charge in [0.25, 0.3) is 0 Å². The van der Waals surface area contributed by atoms with E-state index in [-0.39, 0.29) is 46.2 Å². The van der Waals surface area contributed by atoms with Crippen LogP contribution in [-0.4, -0.2) is 42.9 Å². The first-order valence-corrected chi connectivity index (χ1v) is 12.9. The second-order valence-electron chi connectivity index (χ2n) is 10.3. The summed E-state index contributed by atoms with van der Waals surface area (Å²) in [6.07, 6.45) is 10.7. The van der Waals surface area contributed by atoms with Gasteiger partial charge in [-0.25, -0.2) is 8.78 Å². The van der Waals surface area contributed by atoms with Crippen molar-refractivity contribution in [2.75, 3.05) is 26.2 Å². The van der Waals surface area contributed by atoms with Crippen LogP contribution in [0.25, 0.3) is 0 Å². The van der Waals surface area contributed by atoms with Gasteiger partial charge in [-0.2, -0.15) is 0 Å². The summed E-state index contributed by atoms with van der Waals surface area (Å²) in [5, 5.41) is 5.50. The van der Waals surface area contributed by atoms with E-state index < -0.39 is 23.5 Å². The molecule has 3 fully saturated rings. The molecule has 2 saturated carbocycles. The molecule has 3 aliphatic carbocycles. The summed E-state index contributed by atoms with van der Waals surface area (Å²) < 4.78 is 27.9. The Bertz CT molecular complexity index is 991. The summed E-state index contributed by atoms with van der Waals surface area (Å²) in [6, 6.07) is 1.97. The van der Waals surface area contributed by atoms with Gasteiger partial charge in [0, 0.05) is 18.7 Å². The van der Waals surface area contributed by atoms with Gasteiger partial charge in [-0.3, -0.25) is 9.59 Å². The van der Waals surface area contributed by atoms with Crippen LogP contribution in [0.3, 0.4) is 0 Å². The number of unbranched alkanes of at least 4 members (excludes halogenated alkanes) is 1. The Kier molecular flexibility index (Phi) is 6.68. The second-order valence-corrected chi connectivity index (χ2v) is 10.7. The summed E-state index contributed by atoms with van der Waals surface area (Å²) in [6.45, 7) is 3.81. The largest absolute Gasteiger partial charge is 0.356 e. The molecule has 4 aliphatic rings. The Morgan fingerprint density at radius 3 is 2.24 bits per heavy atom. The number of likely N-dealkylation sites (tertiary alicyclic amines) is 1. The highest BCUT2D eigenvalue weighted by Crippen LogP contribution is 2.72. The van der Waals surface area contributed by atoms with Crippen molar-refractivity contribution >= 4 is 23.4 Å². The van der Waals surface area contributed by atoms with Crippen LogP contribution in [0.2, 0.25) is 5.02 Å². The van der Waals surface area contributed by atoms with E-state index in [1.54, 1.807) is 0 Å². The highest BCUT2D eigenvalue weighted by Gasteiger charge is 2.69. The minimum atomic E-state index is -0.728.